The quantitative estimate of drug-likeness (QED) is 0.759. The van der Waals surface area contributed by atoms with Crippen LogP contribution < -0.4 is 0 Å². The van der Waals surface area contributed by atoms with Crippen LogP contribution in [0.3, 0.4) is 0 Å². The lowest BCUT2D eigenvalue weighted by Crippen LogP contribution is -2.29. The van der Waals surface area contributed by atoms with Gasteiger partial charge in [-0.15, -0.1) is 0 Å². The van der Waals surface area contributed by atoms with Gasteiger partial charge < -0.3 is 4.57 Å². The summed E-state index contributed by atoms with van der Waals surface area (Å²) in [5.41, 5.74) is 1.26. The SMILES string of the molecule is CCCn1cnc(C2CCCCN2C)c1. The summed E-state index contributed by atoms with van der Waals surface area (Å²) in [7, 11) is 2.21. The van der Waals surface area contributed by atoms with E-state index in [9.17, 15) is 0 Å². The summed E-state index contributed by atoms with van der Waals surface area (Å²) >= 11 is 0. The number of imidazole rings is 1. The van der Waals surface area contributed by atoms with Gasteiger partial charge in [-0.3, -0.25) is 4.90 Å². The van der Waals surface area contributed by atoms with Crippen LogP contribution in [0, 0.1) is 0 Å². The second-order valence-electron chi connectivity index (χ2n) is 4.53. The molecule has 0 aromatic carbocycles. The predicted octanol–water partition coefficient (Wildman–Crippen LogP) is 2.45. The maximum absolute atomic E-state index is 4.53. The molecule has 1 saturated heterocycles. The molecule has 0 amide bonds. The number of rotatable bonds is 3. The van der Waals surface area contributed by atoms with Gasteiger partial charge >= 0.3 is 0 Å². The van der Waals surface area contributed by atoms with Crippen LogP contribution in [0.4, 0.5) is 0 Å². The molecular formula is C12H21N3. The standard InChI is InChI=1S/C12H21N3/c1-3-7-15-9-11(13-10-15)12-6-4-5-8-14(12)2/h9-10,12H,3-8H2,1-2H3. The molecule has 0 bridgehead atoms. The number of aromatic nitrogens is 2. The Kier molecular flexibility index (Phi) is 3.41. The van der Waals surface area contributed by atoms with Gasteiger partial charge in [-0.25, -0.2) is 4.98 Å². The summed E-state index contributed by atoms with van der Waals surface area (Å²) in [5, 5.41) is 0. The van der Waals surface area contributed by atoms with Crippen molar-refractivity contribution in [2.75, 3.05) is 13.6 Å². The Balaban J connectivity index is 2.06. The third kappa shape index (κ3) is 2.40. The summed E-state index contributed by atoms with van der Waals surface area (Å²) in [5.74, 6) is 0. The van der Waals surface area contributed by atoms with Gasteiger partial charge in [-0.05, 0) is 32.9 Å². The molecule has 2 rings (SSSR count). The highest BCUT2D eigenvalue weighted by Crippen LogP contribution is 2.27. The molecule has 1 aromatic heterocycles. The van der Waals surface area contributed by atoms with Gasteiger partial charge in [0.15, 0.2) is 0 Å². The smallest absolute Gasteiger partial charge is 0.0950 e. The fourth-order valence-electron chi connectivity index (χ4n) is 2.38. The Morgan fingerprint density at radius 1 is 1.47 bits per heavy atom. The molecule has 0 radical (unpaired) electrons. The van der Waals surface area contributed by atoms with E-state index in [-0.39, 0.29) is 0 Å². The molecule has 1 unspecified atom stereocenters. The van der Waals surface area contributed by atoms with E-state index >= 15 is 0 Å². The molecule has 2 heterocycles. The van der Waals surface area contributed by atoms with Crippen LogP contribution in [-0.2, 0) is 6.54 Å². The maximum atomic E-state index is 4.53. The number of aryl methyl sites for hydroxylation is 1. The zero-order chi connectivity index (χ0) is 10.7. The number of likely N-dealkylation sites (tertiary alicyclic amines) is 1. The Bertz CT molecular complexity index is 306. The van der Waals surface area contributed by atoms with Crippen molar-refractivity contribution in [1.82, 2.24) is 14.5 Å². The summed E-state index contributed by atoms with van der Waals surface area (Å²) in [6.07, 6.45) is 9.31. The summed E-state index contributed by atoms with van der Waals surface area (Å²) in [6.45, 7) is 4.50. The van der Waals surface area contributed by atoms with Crippen molar-refractivity contribution in [1.29, 1.82) is 0 Å². The average Bonchev–Trinajstić information content (AvgIpc) is 2.68. The zero-order valence-corrected chi connectivity index (χ0v) is 9.82. The van der Waals surface area contributed by atoms with Crippen LogP contribution in [0.5, 0.6) is 0 Å². The van der Waals surface area contributed by atoms with Crippen LogP contribution in [0.2, 0.25) is 0 Å². The number of nitrogens with zero attached hydrogens (tertiary/aromatic N) is 3. The maximum Gasteiger partial charge on any atom is 0.0950 e. The molecule has 1 aliphatic rings. The van der Waals surface area contributed by atoms with E-state index < -0.39 is 0 Å². The van der Waals surface area contributed by atoms with E-state index in [1.54, 1.807) is 0 Å². The van der Waals surface area contributed by atoms with Crippen molar-refractivity contribution in [3.8, 4) is 0 Å². The second kappa shape index (κ2) is 4.79. The third-order valence-corrected chi connectivity index (χ3v) is 3.25. The largest absolute Gasteiger partial charge is 0.337 e. The minimum absolute atomic E-state index is 0.553. The molecule has 15 heavy (non-hydrogen) atoms. The lowest BCUT2D eigenvalue weighted by molar-refractivity contribution is 0.184. The molecule has 1 aromatic rings. The van der Waals surface area contributed by atoms with E-state index in [0.717, 1.165) is 6.54 Å². The van der Waals surface area contributed by atoms with Crippen LogP contribution in [-0.4, -0.2) is 28.0 Å². The van der Waals surface area contributed by atoms with Crippen LogP contribution in [0.15, 0.2) is 12.5 Å². The van der Waals surface area contributed by atoms with Gasteiger partial charge in [0, 0.05) is 12.7 Å². The van der Waals surface area contributed by atoms with Gasteiger partial charge in [0.2, 0.25) is 0 Å². The molecule has 84 valence electrons. The molecule has 0 saturated carbocycles. The van der Waals surface area contributed by atoms with Crippen molar-refractivity contribution >= 4 is 0 Å². The Labute approximate surface area is 92.1 Å². The Morgan fingerprint density at radius 2 is 2.33 bits per heavy atom. The Morgan fingerprint density at radius 3 is 3.07 bits per heavy atom. The van der Waals surface area contributed by atoms with E-state index in [0.29, 0.717) is 6.04 Å². The zero-order valence-electron chi connectivity index (χ0n) is 9.82. The third-order valence-electron chi connectivity index (χ3n) is 3.25. The normalized spacial score (nSPS) is 23.2. The van der Waals surface area contributed by atoms with Gasteiger partial charge in [0.1, 0.15) is 0 Å². The molecule has 1 aliphatic heterocycles. The number of hydrogen-bond acceptors (Lipinski definition) is 2. The topological polar surface area (TPSA) is 21.1 Å². The fourth-order valence-corrected chi connectivity index (χ4v) is 2.38. The van der Waals surface area contributed by atoms with Crippen molar-refractivity contribution in [2.24, 2.45) is 0 Å². The molecule has 1 fully saturated rings. The van der Waals surface area contributed by atoms with Gasteiger partial charge in [0.05, 0.1) is 18.1 Å². The van der Waals surface area contributed by atoms with E-state index in [2.05, 4.69) is 34.6 Å². The summed E-state index contributed by atoms with van der Waals surface area (Å²) < 4.78 is 2.21. The summed E-state index contributed by atoms with van der Waals surface area (Å²) in [4.78, 5) is 6.96. The van der Waals surface area contributed by atoms with Crippen molar-refractivity contribution in [3.63, 3.8) is 0 Å². The fraction of sp³-hybridized carbons (Fsp3) is 0.750. The number of hydrogen-bond donors (Lipinski definition) is 0. The molecule has 3 heteroatoms. The highest BCUT2D eigenvalue weighted by Gasteiger charge is 2.22. The van der Waals surface area contributed by atoms with Gasteiger partial charge in [0.25, 0.3) is 0 Å². The average molecular weight is 207 g/mol. The Hall–Kier alpha value is -0.830. The molecule has 0 spiro atoms. The van der Waals surface area contributed by atoms with Gasteiger partial charge in [-0.2, -0.15) is 0 Å². The first-order valence-electron chi connectivity index (χ1n) is 6.03. The second-order valence-corrected chi connectivity index (χ2v) is 4.53. The van der Waals surface area contributed by atoms with Crippen molar-refractivity contribution in [3.05, 3.63) is 18.2 Å². The minimum Gasteiger partial charge on any atom is -0.337 e. The van der Waals surface area contributed by atoms with Crippen LogP contribution in [0.1, 0.15) is 44.3 Å². The van der Waals surface area contributed by atoms with Crippen LogP contribution >= 0.6 is 0 Å². The van der Waals surface area contributed by atoms with Crippen molar-refractivity contribution in [2.45, 2.75) is 45.2 Å². The highest BCUT2D eigenvalue weighted by molar-refractivity contribution is 5.05. The van der Waals surface area contributed by atoms with E-state index in [1.165, 1.54) is 37.9 Å². The lowest BCUT2D eigenvalue weighted by atomic mass is 10.0. The number of piperidine rings is 1. The van der Waals surface area contributed by atoms with Crippen molar-refractivity contribution < 1.29 is 0 Å². The monoisotopic (exact) mass is 207 g/mol. The molecule has 1 atom stereocenters. The van der Waals surface area contributed by atoms with Crippen LogP contribution in [0.25, 0.3) is 0 Å². The minimum atomic E-state index is 0.553. The molecule has 0 N–H and O–H groups in total. The lowest BCUT2D eigenvalue weighted by Gasteiger charge is -2.31. The summed E-state index contributed by atoms with van der Waals surface area (Å²) in [6, 6.07) is 0.553. The highest BCUT2D eigenvalue weighted by atomic mass is 15.2. The van der Waals surface area contributed by atoms with E-state index in [1.807, 2.05) is 6.33 Å². The van der Waals surface area contributed by atoms with E-state index in [4.69, 9.17) is 0 Å². The molecular weight excluding hydrogens is 186 g/mol. The first-order chi connectivity index (χ1) is 7.31. The predicted molar refractivity (Wildman–Crippen MR) is 61.7 cm³/mol. The first-order valence-corrected chi connectivity index (χ1v) is 6.03. The molecule has 0 aliphatic carbocycles. The first kappa shape index (κ1) is 10.7. The van der Waals surface area contributed by atoms with Gasteiger partial charge in [-0.1, -0.05) is 13.3 Å². The molecule has 3 nitrogen and oxygen atoms in total.